The van der Waals surface area contributed by atoms with Crippen LogP contribution in [0.1, 0.15) is 22.8 Å². The highest BCUT2D eigenvalue weighted by molar-refractivity contribution is 14.1. The van der Waals surface area contributed by atoms with Crippen LogP contribution in [0, 0.1) is 14.9 Å². The van der Waals surface area contributed by atoms with Crippen LogP contribution >= 0.6 is 22.6 Å². The highest BCUT2D eigenvalue weighted by Crippen LogP contribution is 2.27. The van der Waals surface area contributed by atoms with Crippen LogP contribution in [0.3, 0.4) is 0 Å². The summed E-state index contributed by atoms with van der Waals surface area (Å²) in [5.41, 5.74) is 0.418. The van der Waals surface area contributed by atoms with Crippen LogP contribution in [-0.2, 0) is 4.74 Å². The number of phenols is 1. The van der Waals surface area contributed by atoms with Crippen molar-refractivity contribution in [1.82, 2.24) is 0 Å². The molecule has 0 aliphatic heterocycles. The lowest BCUT2D eigenvalue weighted by molar-refractivity contribution is 0.0524. The molecule has 0 aromatic heterocycles. The van der Waals surface area contributed by atoms with Gasteiger partial charge in [-0.05, 0) is 41.6 Å². The zero-order valence-corrected chi connectivity index (χ0v) is 10.1. The van der Waals surface area contributed by atoms with Crippen molar-refractivity contribution >= 4 is 28.6 Å². The second-order valence-corrected chi connectivity index (χ2v) is 3.73. The van der Waals surface area contributed by atoms with E-state index in [0.29, 0.717) is 3.57 Å². The van der Waals surface area contributed by atoms with Gasteiger partial charge in [0.2, 0.25) is 0 Å². The molecule has 0 fully saturated rings. The SMILES string of the molecule is CCOC(=O)c1ccc(C#N)c(O)c1I. The molecule has 1 N–H and O–H groups in total. The van der Waals surface area contributed by atoms with Gasteiger partial charge in [0.25, 0.3) is 0 Å². The highest BCUT2D eigenvalue weighted by atomic mass is 127. The minimum atomic E-state index is -0.498. The van der Waals surface area contributed by atoms with Crippen LogP contribution in [0.2, 0.25) is 0 Å². The molecule has 1 rings (SSSR count). The number of nitriles is 1. The zero-order chi connectivity index (χ0) is 11.4. The molecule has 0 radical (unpaired) electrons. The third-order valence-electron chi connectivity index (χ3n) is 1.73. The summed E-state index contributed by atoms with van der Waals surface area (Å²) in [7, 11) is 0. The minimum Gasteiger partial charge on any atom is -0.505 e. The molecule has 78 valence electrons. The van der Waals surface area contributed by atoms with Crippen molar-refractivity contribution in [2.75, 3.05) is 6.61 Å². The van der Waals surface area contributed by atoms with Gasteiger partial charge in [-0.2, -0.15) is 5.26 Å². The highest BCUT2D eigenvalue weighted by Gasteiger charge is 2.16. The van der Waals surface area contributed by atoms with Gasteiger partial charge in [-0.15, -0.1) is 0 Å². The van der Waals surface area contributed by atoms with E-state index in [1.54, 1.807) is 29.5 Å². The first-order chi connectivity index (χ1) is 7.11. The normalized spacial score (nSPS) is 9.40. The maximum atomic E-state index is 11.4. The monoisotopic (exact) mass is 317 g/mol. The van der Waals surface area contributed by atoms with Gasteiger partial charge < -0.3 is 9.84 Å². The molecule has 1 aromatic rings. The molecule has 0 atom stereocenters. The van der Waals surface area contributed by atoms with E-state index in [1.165, 1.54) is 12.1 Å². The van der Waals surface area contributed by atoms with Crippen LogP contribution < -0.4 is 0 Å². The summed E-state index contributed by atoms with van der Waals surface area (Å²) in [6.07, 6.45) is 0. The molecule has 5 heteroatoms. The van der Waals surface area contributed by atoms with Crippen molar-refractivity contribution in [3.8, 4) is 11.8 Å². The van der Waals surface area contributed by atoms with Crippen molar-refractivity contribution in [3.05, 3.63) is 26.8 Å². The van der Waals surface area contributed by atoms with E-state index >= 15 is 0 Å². The third-order valence-corrected chi connectivity index (χ3v) is 2.82. The number of hydrogen-bond acceptors (Lipinski definition) is 4. The van der Waals surface area contributed by atoms with Crippen molar-refractivity contribution in [2.24, 2.45) is 0 Å². The summed E-state index contributed by atoms with van der Waals surface area (Å²) >= 11 is 1.81. The van der Waals surface area contributed by atoms with Crippen molar-refractivity contribution in [3.63, 3.8) is 0 Å². The lowest BCUT2D eigenvalue weighted by Gasteiger charge is -2.06. The summed E-state index contributed by atoms with van der Waals surface area (Å²) in [5, 5.41) is 18.2. The average molecular weight is 317 g/mol. The van der Waals surface area contributed by atoms with Crippen molar-refractivity contribution in [1.29, 1.82) is 5.26 Å². The molecular formula is C10H8INO3. The zero-order valence-electron chi connectivity index (χ0n) is 7.95. The van der Waals surface area contributed by atoms with Gasteiger partial charge in [0.05, 0.1) is 21.3 Å². The second kappa shape index (κ2) is 4.98. The largest absolute Gasteiger partial charge is 0.505 e. The molecule has 1 aromatic carbocycles. The fraction of sp³-hybridized carbons (Fsp3) is 0.200. The lowest BCUT2D eigenvalue weighted by atomic mass is 10.1. The smallest absolute Gasteiger partial charge is 0.339 e. The van der Waals surface area contributed by atoms with E-state index in [4.69, 9.17) is 10.00 Å². The quantitative estimate of drug-likeness (QED) is 0.669. The molecule has 0 saturated carbocycles. The number of rotatable bonds is 2. The predicted molar refractivity (Wildman–Crippen MR) is 61.5 cm³/mol. The first-order valence-electron chi connectivity index (χ1n) is 4.20. The lowest BCUT2D eigenvalue weighted by Crippen LogP contribution is -2.07. The Morgan fingerprint density at radius 2 is 2.33 bits per heavy atom. The first kappa shape index (κ1) is 11.8. The Morgan fingerprint density at radius 1 is 1.67 bits per heavy atom. The fourth-order valence-corrected chi connectivity index (χ4v) is 1.71. The molecule has 4 nitrogen and oxygen atoms in total. The summed E-state index contributed by atoms with van der Waals surface area (Å²) < 4.78 is 5.14. The molecule has 0 heterocycles. The third kappa shape index (κ3) is 2.39. The molecule has 0 aliphatic carbocycles. The molecule has 0 unspecified atom stereocenters. The van der Waals surface area contributed by atoms with Gasteiger partial charge in [-0.25, -0.2) is 4.79 Å². The van der Waals surface area contributed by atoms with Gasteiger partial charge in [-0.1, -0.05) is 0 Å². The molecular weight excluding hydrogens is 309 g/mol. The van der Waals surface area contributed by atoms with E-state index in [1.807, 2.05) is 6.07 Å². The summed E-state index contributed by atoms with van der Waals surface area (Å²) in [4.78, 5) is 11.4. The van der Waals surface area contributed by atoms with Crippen LogP contribution in [0.15, 0.2) is 12.1 Å². The number of phenolic OH excluding ortho intramolecular Hbond substituents is 1. The Hall–Kier alpha value is -1.29. The van der Waals surface area contributed by atoms with Crippen LogP contribution in [0.25, 0.3) is 0 Å². The standard InChI is InChI=1S/C10H8INO3/c1-2-15-10(14)7-4-3-6(5-12)9(13)8(7)11/h3-4,13H,2H2,1H3. The molecule has 0 aliphatic rings. The second-order valence-electron chi connectivity index (χ2n) is 2.66. The van der Waals surface area contributed by atoms with Gasteiger partial charge in [-0.3, -0.25) is 0 Å². The predicted octanol–water partition coefficient (Wildman–Crippen LogP) is 2.05. The van der Waals surface area contributed by atoms with Gasteiger partial charge in [0.1, 0.15) is 11.8 Å². The Bertz CT molecular complexity index is 437. The first-order valence-corrected chi connectivity index (χ1v) is 5.28. The molecule has 0 spiro atoms. The average Bonchev–Trinajstić information content (AvgIpc) is 2.22. The van der Waals surface area contributed by atoms with Crippen molar-refractivity contribution < 1.29 is 14.6 Å². The van der Waals surface area contributed by atoms with E-state index in [0.717, 1.165) is 0 Å². The molecule has 15 heavy (non-hydrogen) atoms. The Balaban J connectivity index is 3.19. The molecule has 0 saturated heterocycles. The maximum absolute atomic E-state index is 11.4. The number of carbonyl (C=O) groups excluding carboxylic acids is 1. The molecule has 0 bridgehead atoms. The van der Waals surface area contributed by atoms with Crippen LogP contribution in [0.4, 0.5) is 0 Å². The van der Waals surface area contributed by atoms with E-state index in [9.17, 15) is 9.90 Å². The van der Waals surface area contributed by atoms with Crippen LogP contribution in [0.5, 0.6) is 5.75 Å². The fourth-order valence-electron chi connectivity index (χ4n) is 1.02. The summed E-state index contributed by atoms with van der Waals surface area (Å²) in [6.45, 7) is 1.98. The van der Waals surface area contributed by atoms with E-state index < -0.39 is 5.97 Å². The number of hydrogen-bond donors (Lipinski definition) is 1. The number of aromatic hydroxyl groups is 1. The summed E-state index contributed by atoms with van der Waals surface area (Å²) in [6, 6.07) is 4.69. The van der Waals surface area contributed by atoms with Gasteiger partial charge in [0.15, 0.2) is 0 Å². The summed E-state index contributed by atoms with van der Waals surface area (Å²) in [5.74, 6) is -0.676. The van der Waals surface area contributed by atoms with Crippen LogP contribution in [-0.4, -0.2) is 17.7 Å². The number of benzene rings is 1. The van der Waals surface area contributed by atoms with Gasteiger partial charge in [0, 0.05) is 0 Å². The Kier molecular flexibility index (Phi) is 3.91. The number of ether oxygens (including phenoxy) is 1. The minimum absolute atomic E-state index is 0.146. The number of carbonyl (C=O) groups is 1. The topological polar surface area (TPSA) is 70.3 Å². The maximum Gasteiger partial charge on any atom is 0.339 e. The van der Waals surface area contributed by atoms with E-state index in [-0.39, 0.29) is 23.5 Å². The number of esters is 1. The number of halogens is 1. The Labute approximate surface area is 101 Å². The van der Waals surface area contributed by atoms with E-state index in [2.05, 4.69) is 0 Å². The molecule has 0 amide bonds. The number of nitrogens with zero attached hydrogens (tertiary/aromatic N) is 1. The Morgan fingerprint density at radius 3 is 2.87 bits per heavy atom. The van der Waals surface area contributed by atoms with Crippen molar-refractivity contribution in [2.45, 2.75) is 6.92 Å². The van der Waals surface area contributed by atoms with Gasteiger partial charge >= 0.3 is 5.97 Å².